The largest absolute Gasteiger partial charge is 0.459 e. The Balaban J connectivity index is 1.83. The first-order chi connectivity index (χ1) is 11.8. The first-order valence-electron chi connectivity index (χ1n) is 7.38. The standard InChI is InChI=1S/C17H14ClNO5S/c1-9-3-14-12(5-13(9)18)11(4-15(20)24-14)7-23-16(21)6-19-10(2)8-25-17(19)22/h3-5,8H,6-7H2,1-2H3. The molecule has 0 atom stereocenters. The molecule has 0 amide bonds. The first-order valence-corrected chi connectivity index (χ1v) is 8.64. The van der Waals surface area contributed by atoms with Crippen LogP contribution >= 0.6 is 22.9 Å². The van der Waals surface area contributed by atoms with Gasteiger partial charge in [-0.15, -0.1) is 0 Å². The molecule has 0 spiro atoms. The highest BCUT2D eigenvalue weighted by molar-refractivity contribution is 7.07. The smallest absolute Gasteiger partial charge is 0.336 e. The maximum atomic E-state index is 12.0. The number of rotatable bonds is 4. The normalized spacial score (nSPS) is 11.0. The molecule has 3 rings (SSSR count). The molecule has 0 radical (unpaired) electrons. The van der Waals surface area contributed by atoms with E-state index in [4.69, 9.17) is 20.8 Å². The van der Waals surface area contributed by atoms with Crippen molar-refractivity contribution in [2.75, 3.05) is 0 Å². The van der Waals surface area contributed by atoms with Crippen LogP contribution < -0.4 is 10.5 Å². The van der Waals surface area contributed by atoms with Gasteiger partial charge in [0, 0.05) is 33.1 Å². The van der Waals surface area contributed by atoms with E-state index in [1.807, 2.05) is 0 Å². The van der Waals surface area contributed by atoms with E-state index in [0.717, 1.165) is 16.9 Å². The third-order valence-corrected chi connectivity index (χ3v) is 5.05. The molecule has 25 heavy (non-hydrogen) atoms. The Morgan fingerprint density at radius 1 is 1.28 bits per heavy atom. The molecule has 1 aromatic carbocycles. The Labute approximate surface area is 151 Å². The maximum absolute atomic E-state index is 12.0. The summed E-state index contributed by atoms with van der Waals surface area (Å²) in [6.07, 6.45) is 0. The number of carbonyl (C=O) groups excluding carboxylic acids is 1. The van der Waals surface area contributed by atoms with Gasteiger partial charge >= 0.3 is 16.5 Å². The summed E-state index contributed by atoms with van der Waals surface area (Å²) in [5, 5.41) is 2.80. The van der Waals surface area contributed by atoms with Crippen LogP contribution in [0.2, 0.25) is 5.02 Å². The third kappa shape index (κ3) is 3.67. The van der Waals surface area contributed by atoms with Gasteiger partial charge in [0.1, 0.15) is 18.7 Å². The Hall–Kier alpha value is -2.38. The van der Waals surface area contributed by atoms with Crippen LogP contribution in [0.1, 0.15) is 16.8 Å². The maximum Gasteiger partial charge on any atom is 0.336 e. The zero-order chi connectivity index (χ0) is 18.1. The molecule has 2 heterocycles. The number of carbonyl (C=O) groups is 1. The molecular weight excluding hydrogens is 366 g/mol. The van der Waals surface area contributed by atoms with Crippen LogP contribution in [0.25, 0.3) is 11.0 Å². The molecule has 0 saturated heterocycles. The number of ether oxygens (including phenoxy) is 1. The van der Waals surface area contributed by atoms with Gasteiger partial charge in [-0.2, -0.15) is 0 Å². The molecule has 0 bridgehead atoms. The Morgan fingerprint density at radius 2 is 2.04 bits per heavy atom. The van der Waals surface area contributed by atoms with Crippen molar-refractivity contribution in [3.8, 4) is 0 Å². The highest BCUT2D eigenvalue weighted by Crippen LogP contribution is 2.25. The second kappa shape index (κ2) is 6.85. The Kier molecular flexibility index (Phi) is 4.78. The summed E-state index contributed by atoms with van der Waals surface area (Å²) < 4.78 is 11.7. The fourth-order valence-corrected chi connectivity index (χ4v) is 3.29. The molecule has 8 heteroatoms. The lowest BCUT2D eigenvalue weighted by Gasteiger charge is -2.09. The summed E-state index contributed by atoms with van der Waals surface area (Å²) in [7, 11) is 0. The molecule has 6 nitrogen and oxygen atoms in total. The Morgan fingerprint density at radius 3 is 2.72 bits per heavy atom. The summed E-state index contributed by atoms with van der Waals surface area (Å²) in [6.45, 7) is 3.26. The second-order valence-corrected chi connectivity index (χ2v) is 6.81. The highest BCUT2D eigenvalue weighted by atomic mass is 35.5. The zero-order valence-corrected chi connectivity index (χ0v) is 15.1. The summed E-state index contributed by atoms with van der Waals surface area (Å²) in [4.78, 5) is 35.2. The molecular formula is C17H14ClNO5S. The molecule has 0 N–H and O–H groups in total. The lowest BCUT2D eigenvalue weighted by Crippen LogP contribution is -2.22. The average molecular weight is 380 g/mol. The monoisotopic (exact) mass is 379 g/mol. The molecule has 0 saturated carbocycles. The summed E-state index contributed by atoms with van der Waals surface area (Å²) in [5.74, 6) is -0.566. The van der Waals surface area contributed by atoms with Crippen molar-refractivity contribution < 1.29 is 13.9 Å². The number of aromatic nitrogens is 1. The molecule has 0 aliphatic heterocycles. The molecule has 0 aliphatic carbocycles. The van der Waals surface area contributed by atoms with Gasteiger partial charge < -0.3 is 9.15 Å². The number of benzene rings is 1. The van der Waals surface area contributed by atoms with Gasteiger partial charge in [0.15, 0.2) is 0 Å². The van der Waals surface area contributed by atoms with E-state index < -0.39 is 11.6 Å². The van der Waals surface area contributed by atoms with Crippen molar-refractivity contribution in [3.05, 3.63) is 65.5 Å². The van der Waals surface area contributed by atoms with Crippen LogP contribution in [0, 0.1) is 13.8 Å². The first kappa shape index (κ1) is 17.4. The van der Waals surface area contributed by atoms with Gasteiger partial charge in [0.05, 0.1) is 0 Å². The quantitative estimate of drug-likeness (QED) is 0.514. The van der Waals surface area contributed by atoms with Gasteiger partial charge in [-0.25, -0.2) is 4.79 Å². The number of esters is 1. The van der Waals surface area contributed by atoms with Crippen molar-refractivity contribution in [1.29, 1.82) is 0 Å². The van der Waals surface area contributed by atoms with Crippen LogP contribution in [0.3, 0.4) is 0 Å². The molecule has 0 aliphatic rings. The van der Waals surface area contributed by atoms with Crippen molar-refractivity contribution in [1.82, 2.24) is 4.57 Å². The molecule has 0 unspecified atom stereocenters. The highest BCUT2D eigenvalue weighted by Gasteiger charge is 2.13. The molecule has 130 valence electrons. The van der Waals surface area contributed by atoms with Crippen molar-refractivity contribution in [2.45, 2.75) is 27.0 Å². The minimum absolute atomic E-state index is 0.113. The van der Waals surface area contributed by atoms with E-state index in [2.05, 4.69) is 0 Å². The number of halogens is 1. The fraction of sp³-hybridized carbons (Fsp3) is 0.235. The molecule has 3 aromatic rings. The van der Waals surface area contributed by atoms with Crippen LogP contribution in [0.5, 0.6) is 0 Å². The van der Waals surface area contributed by atoms with E-state index in [9.17, 15) is 14.4 Å². The summed E-state index contributed by atoms with van der Waals surface area (Å²) in [5.41, 5.74) is 1.81. The van der Waals surface area contributed by atoms with Gasteiger partial charge in [-0.3, -0.25) is 14.2 Å². The van der Waals surface area contributed by atoms with Crippen LogP contribution in [-0.4, -0.2) is 10.5 Å². The van der Waals surface area contributed by atoms with Crippen LogP contribution in [0.15, 0.2) is 37.6 Å². The van der Waals surface area contributed by atoms with E-state index in [0.29, 0.717) is 27.2 Å². The SMILES string of the molecule is Cc1cc2oc(=O)cc(COC(=O)Cn3c(C)csc3=O)c2cc1Cl. The topological polar surface area (TPSA) is 78.5 Å². The zero-order valence-electron chi connectivity index (χ0n) is 13.5. The van der Waals surface area contributed by atoms with Crippen molar-refractivity contribution in [3.63, 3.8) is 0 Å². The number of hydrogen-bond donors (Lipinski definition) is 0. The van der Waals surface area contributed by atoms with E-state index in [-0.39, 0.29) is 18.0 Å². The summed E-state index contributed by atoms with van der Waals surface area (Å²) >= 11 is 7.15. The second-order valence-electron chi connectivity index (χ2n) is 5.58. The van der Waals surface area contributed by atoms with Gasteiger partial charge in [-0.05, 0) is 31.5 Å². The number of hydrogen-bond acceptors (Lipinski definition) is 6. The lowest BCUT2D eigenvalue weighted by molar-refractivity contribution is -0.145. The minimum Gasteiger partial charge on any atom is -0.459 e. The fourth-order valence-electron chi connectivity index (χ4n) is 2.40. The van der Waals surface area contributed by atoms with Crippen LogP contribution in [0.4, 0.5) is 0 Å². The lowest BCUT2D eigenvalue weighted by atomic mass is 10.1. The summed E-state index contributed by atoms with van der Waals surface area (Å²) in [6, 6.07) is 4.60. The van der Waals surface area contributed by atoms with Gasteiger partial charge in [0.25, 0.3) is 0 Å². The minimum atomic E-state index is -0.566. The van der Waals surface area contributed by atoms with Crippen molar-refractivity contribution in [2.24, 2.45) is 0 Å². The van der Waals surface area contributed by atoms with E-state index >= 15 is 0 Å². The number of aryl methyl sites for hydroxylation is 2. The van der Waals surface area contributed by atoms with Crippen LogP contribution in [-0.2, 0) is 22.7 Å². The van der Waals surface area contributed by atoms with Gasteiger partial charge in [0.2, 0.25) is 0 Å². The number of thiazole rings is 1. The molecule has 2 aromatic heterocycles. The number of fused-ring (bicyclic) bond motifs is 1. The third-order valence-electron chi connectivity index (χ3n) is 3.76. The van der Waals surface area contributed by atoms with E-state index in [1.54, 1.807) is 31.4 Å². The average Bonchev–Trinajstić information content (AvgIpc) is 2.86. The number of nitrogens with zero attached hydrogens (tertiary/aromatic N) is 1. The van der Waals surface area contributed by atoms with Gasteiger partial charge in [-0.1, -0.05) is 22.9 Å². The van der Waals surface area contributed by atoms with E-state index in [1.165, 1.54) is 10.6 Å². The van der Waals surface area contributed by atoms with Crippen molar-refractivity contribution >= 4 is 39.9 Å². The predicted octanol–water partition coefficient (Wildman–Crippen LogP) is 3.03. The predicted molar refractivity (Wildman–Crippen MR) is 95.3 cm³/mol. The Bertz CT molecular complexity index is 1080. The molecule has 0 fully saturated rings.